The summed E-state index contributed by atoms with van der Waals surface area (Å²) in [6.45, 7) is 3.38. The summed E-state index contributed by atoms with van der Waals surface area (Å²) in [6, 6.07) is 6.08. The molecule has 0 bridgehead atoms. The molecule has 1 aromatic carbocycles. The Kier molecular flexibility index (Phi) is 2.52. The summed E-state index contributed by atoms with van der Waals surface area (Å²) in [6.07, 6.45) is 0.104. The lowest BCUT2D eigenvalue weighted by atomic mass is 9.94. The minimum atomic E-state index is 0.104. The van der Waals surface area contributed by atoms with Gasteiger partial charge in [0.05, 0.1) is 32.0 Å². The van der Waals surface area contributed by atoms with E-state index in [-0.39, 0.29) is 12.0 Å². The highest BCUT2D eigenvalue weighted by Crippen LogP contribution is 2.29. The van der Waals surface area contributed by atoms with Crippen LogP contribution in [0.3, 0.4) is 0 Å². The number of oxime groups is 1. The van der Waals surface area contributed by atoms with Gasteiger partial charge in [0.15, 0.2) is 6.10 Å². The number of benzene rings is 1. The third-order valence-corrected chi connectivity index (χ3v) is 3.36. The zero-order valence-corrected chi connectivity index (χ0v) is 9.97. The molecule has 2 aliphatic heterocycles. The fraction of sp³-hybridized carbons (Fsp3) is 0.462. The molecule has 0 radical (unpaired) electrons. The van der Waals surface area contributed by atoms with E-state index in [1.807, 2.05) is 19.1 Å². The van der Waals surface area contributed by atoms with Crippen molar-refractivity contribution in [1.82, 2.24) is 0 Å². The Bertz CT molecular complexity index is 470. The van der Waals surface area contributed by atoms with Crippen molar-refractivity contribution in [3.8, 4) is 5.75 Å². The number of methoxy groups -OCH3 is 1. The predicted molar refractivity (Wildman–Crippen MR) is 63.5 cm³/mol. The largest absolute Gasteiger partial charge is 0.496 e. The molecule has 2 heterocycles. The molecule has 1 saturated heterocycles. The summed E-state index contributed by atoms with van der Waals surface area (Å²) in [7, 11) is 1.68. The molecule has 0 aromatic heterocycles. The molecule has 2 atom stereocenters. The molecule has 4 heteroatoms. The fourth-order valence-electron chi connectivity index (χ4n) is 2.39. The van der Waals surface area contributed by atoms with E-state index in [0.717, 1.165) is 22.6 Å². The topological polar surface area (TPSA) is 40.0 Å². The summed E-state index contributed by atoms with van der Waals surface area (Å²) < 4.78 is 10.7. The monoisotopic (exact) mass is 233 g/mol. The number of ether oxygens (including phenoxy) is 2. The van der Waals surface area contributed by atoms with Gasteiger partial charge in [0.25, 0.3) is 0 Å². The lowest BCUT2D eigenvalue weighted by Crippen LogP contribution is -2.21. The van der Waals surface area contributed by atoms with Gasteiger partial charge in [-0.15, -0.1) is 0 Å². The van der Waals surface area contributed by atoms with Gasteiger partial charge in [-0.3, -0.25) is 0 Å². The Morgan fingerprint density at radius 3 is 3.00 bits per heavy atom. The average molecular weight is 233 g/mol. The maximum atomic E-state index is 5.41. The van der Waals surface area contributed by atoms with Crippen LogP contribution >= 0.6 is 0 Å². The van der Waals surface area contributed by atoms with Crippen LogP contribution < -0.4 is 4.74 Å². The molecular weight excluding hydrogens is 218 g/mol. The first-order valence-electron chi connectivity index (χ1n) is 5.76. The molecule has 0 spiro atoms. The molecule has 0 aliphatic carbocycles. The summed E-state index contributed by atoms with van der Waals surface area (Å²) >= 11 is 0. The molecule has 0 N–H and O–H groups in total. The van der Waals surface area contributed by atoms with Crippen molar-refractivity contribution in [3.05, 3.63) is 29.3 Å². The Balaban J connectivity index is 1.92. The first kappa shape index (κ1) is 10.6. The van der Waals surface area contributed by atoms with Gasteiger partial charge in [-0.05, 0) is 30.7 Å². The highest BCUT2D eigenvalue weighted by Gasteiger charge is 2.39. The third kappa shape index (κ3) is 1.69. The van der Waals surface area contributed by atoms with Gasteiger partial charge in [-0.1, -0.05) is 5.16 Å². The lowest BCUT2D eigenvalue weighted by molar-refractivity contribution is 0.0558. The molecule has 0 saturated carbocycles. The quantitative estimate of drug-likeness (QED) is 0.781. The highest BCUT2D eigenvalue weighted by atomic mass is 16.7. The normalized spacial score (nSPS) is 26.4. The molecule has 1 fully saturated rings. The number of hydrogen-bond acceptors (Lipinski definition) is 4. The molecule has 3 rings (SSSR count). The van der Waals surface area contributed by atoms with Gasteiger partial charge in [0, 0.05) is 5.56 Å². The van der Waals surface area contributed by atoms with Crippen LogP contribution in [0.1, 0.15) is 11.1 Å². The molecule has 2 aliphatic rings. The smallest absolute Gasteiger partial charge is 0.161 e. The van der Waals surface area contributed by atoms with E-state index in [1.165, 1.54) is 0 Å². The summed E-state index contributed by atoms with van der Waals surface area (Å²) in [5.74, 6) is 1.18. The maximum Gasteiger partial charge on any atom is 0.161 e. The van der Waals surface area contributed by atoms with Crippen LogP contribution in [0.15, 0.2) is 23.4 Å². The van der Waals surface area contributed by atoms with Gasteiger partial charge in [-0.25, -0.2) is 0 Å². The molecule has 4 nitrogen and oxygen atoms in total. The third-order valence-electron chi connectivity index (χ3n) is 3.36. The summed E-state index contributed by atoms with van der Waals surface area (Å²) in [5, 5.41) is 4.18. The van der Waals surface area contributed by atoms with Crippen LogP contribution in [-0.4, -0.2) is 32.1 Å². The van der Waals surface area contributed by atoms with E-state index >= 15 is 0 Å². The summed E-state index contributed by atoms with van der Waals surface area (Å²) in [5.41, 5.74) is 3.20. The van der Waals surface area contributed by atoms with Crippen LogP contribution in [0.4, 0.5) is 0 Å². The zero-order chi connectivity index (χ0) is 11.8. The number of nitrogens with zero attached hydrogens (tertiary/aromatic N) is 1. The van der Waals surface area contributed by atoms with Crippen molar-refractivity contribution in [3.63, 3.8) is 0 Å². The molecule has 17 heavy (non-hydrogen) atoms. The van der Waals surface area contributed by atoms with Crippen LogP contribution in [0.5, 0.6) is 5.75 Å². The highest BCUT2D eigenvalue weighted by molar-refractivity contribution is 6.03. The van der Waals surface area contributed by atoms with E-state index in [4.69, 9.17) is 14.3 Å². The van der Waals surface area contributed by atoms with E-state index < -0.39 is 0 Å². The second-order valence-corrected chi connectivity index (χ2v) is 4.45. The van der Waals surface area contributed by atoms with Gasteiger partial charge >= 0.3 is 0 Å². The second-order valence-electron chi connectivity index (χ2n) is 4.45. The minimum Gasteiger partial charge on any atom is -0.496 e. The standard InChI is InChI=1S/C13H15NO3/c1-8-5-9(3-4-11(8)15-2)13-10-6-16-7-12(10)17-14-13/h3-5,10,12H,6-7H2,1-2H3. The molecular formula is C13H15NO3. The van der Waals surface area contributed by atoms with E-state index in [2.05, 4.69) is 11.2 Å². The van der Waals surface area contributed by atoms with Crippen LogP contribution in [0.2, 0.25) is 0 Å². The van der Waals surface area contributed by atoms with Crippen molar-refractivity contribution >= 4 is 5.71 Å². The minimum absolute atomic E-state index is 0.104. The lowest BCUT2D eigenvalue weighted by Gasteiger charge is -2.09. The van der Waals surface area contributed by atoms with E-state index in [0.29, 0.717) is 13.2 Å². The fourth-order valence-corrected chi connectivity index (χ4v) is 2.39. The molecule has 0 amide bonds. The summed E-state index contributed by atoms with van der Waals surface area (Å²) in [4.78, 5) is 5.37. The number of aryl methyl sites for hydroxylation is 1. The Hall–Kier alpha value is -1.55. The maximum absolute atomic E-state index is 5.41. The van der Waals surface area contributed by atoms with E-state index in [9.17, 15) is 0 Å². The van der Waals surface area contributed by atoms with Crippen molar-refractivity contribution in [2.45, 2.75) is 13.0 Å². The van der Waals surface area contributed by atoms with Gasteiger partial charge < -0.3 is 14.3 Å². The van der Waals surface area contributed by atoms with Crippen LogP contribution in [0, 0.1) is 12.8 Å². The van der Waals surface area contributed by atoms with Crippen molar-refractivity contribution in [2.24, 2.45) is 11.1 Å². The molecule has 1 aromatic rings. The zero-order valence-electron chi connectivity index (χ0n) is 9.97. The first-order valence-corrected chi connectivity index (χ1v) is 5.76. The van der Waals surface area contributed by atoms with Crippen molar-refractivity contribution in [1.29, 1.82) is 0 Å². The van der Waals surface area contributed by atoms with Crippen molar-refractivity contribution < 1.29 is 14.3 Å². The van der Waals surface area contributed by atoms with Gasteiger partial charge in [-0.2, -0.15) is 0 Å². The Labute approximate surface area is 100 Å². The Morgan fingerprint density at radius 1 is 1.35 bits per heavy atom. The number of hydrogen-bond donors (Lipinski definition) is 0. The van der Waals surface area contributed by atoms with Crippen molar-refractivity contribution in [2.75, 3.05) is 20.3 Å². The predicted octanol–water partition coefficient (Wildman–Crippen LogP) is 1.75. The number of fused-ring (bicyclic) bond motifs is 1. The van der Waals surface area contributed by atoms with Crippen LogP contribution in [-0.2, 0) is 9.57 Å². The van der Waals surface area contributed by atoms with Crippen LogP contribution in [0.25, 0.3) is 0 Å². The Morgan fingerprint density at radius 2 is 2.24 bits per heavy atom. The molecule has 90 valence electrons. The molecule has 2 unspecified atom stereocenters. The van der Waals surface area contributed by atoms with Gasteiger partial charge in [0.1, 0.15) is 5.75 Å². The van der Waals surface area contributed by atoms with Gasteiger partial charge in [0.2, 0.25) is 0 Å². The number of rotatable bonds is 2. The second kappa shape index (κ2) is 4.04. The average Bonchev–Trinajstić information content (AvgIpc) is 2.90. The SMILES string of the molecule is COc1ccc(C2=NOC3COCC23)cc1C. The van der Waals surface area contributed by atoms with E-state index in [1.54, 1.807) is 7.11 Å². The first-order chi connectivity index (χ1) is 8.29.